The summed E-state index contributed by atoms with van der Waals surface area (Å²) in [6.07, 6.45) is 3.84. The van der Waals surface area contributed by atoms with Crippen LogP contribution in [0.25, 0.3) is 0 Å². The van der Waals surface area contributed by atoms with Gasteiger partial charge in [0.05, 0.1) is 25.7 Å². The quantitative estimate of drug-likeness (QED) is 0.555. The summed E-state index contributed by atoms with van der Waals surface area (Å²) in [7, 11) is 0. The molecule has 1 fully saturated rings. The molecule has 1 rings (SSSR count). The van der Waals surface area contributed by atoms with Crippen molar-refractivity contribution in [3.63, 3.8) is 0 Å². The molecule has 0 spiro atoms. The minimum Gasteiger partial charge on any atom is -0.465 e. The van der Waals surface area contributed by atoms with Crippen molar-refractivity contribution in [2.45, 2.75) is 45.1 Å². The first-order valence-corrected chi connectivity index (χ1v) is 6.13. The average Bonchev–Trinajstić information content (AvgIpc) is 2.27. The lowest BCUT2D eigenvalue weighted by Gasteiger charge is -2.25. The van der Waals surface area contributed by atoms with Crippen LogP contribution in [-0.2, 0) is 14.3 Å². The summed E-state index contributed by atoms with van der Waals surface area (Å²) in [5.41, 5.74) is 0. The lowest BCUT2D eigenvalue weighted by Crippen LogP contribution is -2.24. The molecule has 1 aliphatic rings. The van der Waals surface area contributed by atoms with Gasteiger partial charge in [0.2, 0.25) is 0 Å². The molecule has 4 heteroatoms. The molecule has 2 atom stereocenters. The van der Waals surface area contributed by atoms with E-state index in [1.54, 1.807) is 0 Å². The van der Waals surface area contributed by atoms with Gasteiger partial charge in [-0.3, -0.25) is 4.79 Å². The molecule has 0 amide bonds. The van der Waals surface area contributed by atoms with E-state index in [4.69, 9.17) is 9.47 Å². The van der Waals surface area contributed by atoms with E-state index in [0.29, 0.717) is 32.2 Å². The zero-order valence-corrected chi connectivity index (χ0v) is 9.98. The van der Waals surface area contributed by atoms with Gasteiger partial charge in [0.1, 0.15) is 0 Å². The Labute approximate surface area is 96.9 Å². The van der Waals surface area contributed by atoms with Crippen LogP contribution in [0.1, 0.15) is 39.0 Å². The number of carbonyl (C=O) groups is 1. The third kappa shape index (κ3) is 5.47. The lowest BCUT2D eigenvalue weighted by atomic mass is 9.88. The summed E-state index contributed by atoms with van der Waals surface area (Å²) in [5, 5.41) is 9.46. The Morgan fingerprint density at radius 2 is 2.25 bits per heavy atom. The van der Waals surface area contributed by atoms with E-state index in [-0.39, 0.29) is 12.1 Å². The fourth-order valence-corrected chi connectivity index (χ4v) is 2.00. The molecule has 0 aromatic rings. The number of rotatable bonds is 6. The van der Waals surface area contributed by atoms with Gasteiger partial charge in [-0.1, -0.05) is 6.42 Å². The van der Waals surface area contributed by atoms with Gasteiger partial charge in [-0.25, -0.2) is 0 Å². The second-order valence-electron chi connectivity index (χ2n) is 4.32. The first-order valence-electron chi connectivity index (χ1n) is 6.13. The summed E-state index contributed by atoms with van der Waals surface area (Å²) in [6.45, 7) is 3.40. The number of aliphatic hydroxyl groups excluding tert-OH is 1. The van der Waals surface area contributed by atoms with Crippen molar-refractivity contribution in [1.82, 2.24) is 0 Å². The fraction of sp³-hybridized carbons (Fsp3) is 0.917. The minimum absolute atomic E-state index is 0.200. The van der Waals surface area contributed by atoms with Gasteiger partial charge >= 0.3 is 5.97 Å². The predicted octanol–water partition coefficient (Wildman–Crippen LogP) is 1.51. The Morgan fingerprint density at radius 3 is 2.94 bits per heavy atom. The Kier molecular flexibility index (Phi) is 6.42. The normalized spacial score (nSPS) is 25.4. The third-order valence-electron chi connectivity index (χ3n) is 2.89. The van der Waals surface area contributed by atoms with Gasteiger partial charge in [0.25, 0.3) is 0 Å². The number of ether oxygens (including phenoxy) is 2. The monoisotopic (exact) mass is 230 g/mol. The molecule has 1 N–H and O–H groups in total. The highest BCUT2D eigenvalue weighted by Crippen LogP contribution is 2.24. The van der Waals surface area contributed by atoms with Gasteiger partial charge < -0.3 is 14.6 Å². The van der Waals surface area contributed by atoms with E-state index >= 15 is 0 Å². The van der Waals surface area contributed by atoms with Crippen molar-refractivity contribution < 1.29 is 19.4 Å². The summed E-state index contributed by atoms with van der Waals surface area (Å²) in [6, 6.07) is 0. The van der Waals surface area contributed by atoms with Crippen LogP contribution >= 0.6 is 0 Å². The lowest BCUT2D eigenvalue weighted by molar-refractivity contribution is -0.147. The fourth-order valence-electron chi connectivity index (χ4n) is 2.00. The van der Waals surface area contributed by atoms with E-state index in [2.05, 4.69) is 0 Å². The third-order valence-corrected chi connectivity index (χ3v) is 2.89. The molecule has 0 radical (unpaired) electrons. The summed E-state index contributed by atoms with van der Waals surface area (Å²) >= 11 is 0. The zero-order valence-electron chi connectivity index (χ0n) is 9.98. The second kappa shape index (κ2) is 7.63. The number of carbonyl (C=O) groups excluding carboxylic acids is 1. The van der Waals surface area contributed by atoms with Crippen molar-refractivity contribution >= 4 is 5.97 Å². The predicted molar refractivity (Wildman–Crippen MR) is 60.0 cm³/mol. The van der Waals surface area contributed by atoms with E-state index < -0.39 is 0 Å². The zero-order chi connectivity index (χ0) is 11.8. The number of esters is 1. The molecule has 0 bridgehead atoms. The molecule has 0 heterocycles. The van der Waals surface area contributed by atoms with Crippen LogP contribution in [-0.4, -0.2) is 37.0 Å². The van der Waals surface area contributed by atoms with Crippen molar-refractivity contribution in [2.75, 3.05) is 19.8 Å². The second-order valence-corrected chi connectivity index (χ2v) is 4.32. The van der Waals surface area contributed by atoms with E-state index in [0.717, 1.165) is 25.7 Å². The van der Waals surface area contributed by atoms with Crippen molar-refractivity contribution in [3.05, 3.63) is 0 Å². The Bertz CT molecular complexity index is 205. The number of hydrogen-bond acceptors (Lipinski definition) is 4. The molecule has 94 valence electrons. The maximum absolute atomic E-state index is 11.3. The molecule has 0 aromatic heterocycles. The maximum atomic E-state index is 11.3. The van der Waals surface area contributed by atoms with E-state index in [1.165, 1.54) is 0 Å². The van der Waals surface area contributed by atoms with Crippen LogP contribution in [0, 0.1) is 5.92 Å². The van der Waals surface area contributed by atoms with Crippen LogP contribution in [0.2, 0.25) is 0 Å². The maximum Gasteiger partial charge on any atom is 0.308 e. The van der Waals surface area contributed by atoms with Crippen LogP contribution < -0.4 is 0 Å². The molecular weight excluding hydrogens is 208 g/mol. The van der Waals surface area contributed by atoms with E-state index in [1.807, 2.05) is 6.92 Å². The molecule has 0 saturated heterocycles. The first kappa shape index (κ1) is 13.5. The van der Waals surface area contributed by atoms with Crippen LogP contribution in [0.3, 0.4) is 0 Å². The van der Waals surface area contributed by atoms with Gasteiger partial charge in [0, 0.05) is 6.61 Å². The highest BCUT2D eigenvalue weighted by Gasteiger charge is 2.21. The van der Waals surface area contributed by atoms with Crippen LogP contribution in [0.15, 0.2) is 0 Å². The Hall–Kier alpha value is -0.610. The Morgan fingerprint density at radius 1 is 1.44 bits per heavy atom. The highest BCUT2D eigenvalue weighted by molar-refractivity contribution is 5.69. The number of hydrogen-bond donors (Lipinski definition) is 1. The molecule has 4 nitrogen and oxygen atoms in total. The molecule has 0 aliphatic heterocycles. The first-order chi connectivity index (χ1) is 7.72. The Balaban J connectivity index is 2.06. The topological polar surface area (TPSA) is 55.8 Å². The van der Waals surface area contributed by atoms with Gasteiger partial charge in [0.15, 0.2) is 0 Å². The van der Waals surface area contributed by atoms with Gasteiger partial charge in [-0.15, -0.1) is 0 Å². The van der Waals surface area contributed by atoms with Crippen molar-refractivity contribution in [3.8, 4) is 0 Å². The van der Waals surface area contributed by atoms with Crippen molar-refractivity contribution in [1.29, 1.82) is 0 Å². The molecular formula is C12H22O4. The van der Waals surface area contributed by atoms with Crippen LogP contribution in [0.4, 0.5) is 0 Å². The largest absolute Gasteiger partial charge is 0.465 e. The molecule has 1 aliphatic carbocycles. The minimum atomic E-state index is -0.208. The standard InChI is InChI=1S/C12H22O4/c1-2-15-7-6-12(14)16-9-10-4-3-5-11(13)8-10/h10-11,13H,2-9H2,1H3/t10?,11-/m1/s1. The van der Waals surface area contributed by atoms with Gasteiger partial charge in [-0.2, -0.15) is 0 Å². The average molecular weight is 230 g/mol. The van der Waals surface area contributed by atoms with Gasteiger partial charge in [-0.05, 0) is 32.1 Å². The summed E-state index contributed by atoms with van der Waals surface area (Å²) in [4.78, 5) is 11.3. The molecule has 1 saturated carbocycles. The molecule has 16 heavy (non-hydrogen) atoms. The molecule has 0 aromatic carbocycles. The molecule has 1 unspecified atom stereocenters. The smallest absolute Gasteiger partial charge is 0.308 e. The van der Waals surface area contributed by atoms with Crippen LogP contribution in [0.5, 0.6) is 0 Å². The summed E-state index contributed by atoms with van der Waals surface area (Å²) < 4.78 is 10.2. The summed E-state index contributed by atoms with van der Waals surface area (Å²) in [5.74, 6) is 0.133. The van der Waals surface area contributed by atoms with Crippen molar-refractivity contribution in [2.24, 2.45) is 5.92 Å². The highest BCUT2D eigenvalue weighted by atomic mass is 16.5. The van der Waals surface area contributed by atoms with E-state index in [9.17, 15) is 9.90 Å². The number of aliphatic hydroxyl groups is 1. The SMILES string of the molecule is CCOCCC(=O)OCC1CCC[C@@H](O)C1.